The predicted octanol–water partition coefficient (Wildman–Crippen LogP) is 3.80. The Labute approximate surface area is 102 Å². The fourth-order valence-electron chi connectivity index (χ4n) is 1.49. The third kappa shape index (κ3) is 2.61. The molecule has 0 saturated heterocycles. The second-order valence-corrected chi connectivity index (χ2v) is 3.77. The molecule has 0 spiro atoms. The first-order valence-electron chi connectivity index (χ1n) is 5.47. The highest BCUT2D eigenvalue weighted by atomic mass is 19.2. The molecule has 1 aromatic carbocycles. The van der Waals surface area contributed by atoms with Crippen LogP contribution in [0.25, 0.3) is 0 Å². The van der Waals surface area contributed by atoms with Crippen LogP contribution >= 0.6 is 0 Å². The summed E-state index contributed by atoms with van der Waals surface area (Å²) in [7, 11) is 0. The molecule has 0 unspecified atom stereocenters. The van der Waals surface area contributed by atoms with Gasteiger partial charge in [-0.15, -0.1) is 0 Å². The van der Waals surface area contributed by atoms with E-state index >= 15 is 0 Å². The molecule has 2 aromatic rings. The minimum Gasteiger partial charge on any atom is -0.338 e. The fraction of sp³-hybridized carbons (Fsp3) is 0.154. The second kappa shape index (κ2) is 5.08. The molecule has 5 heteroatoms. The molecular weight excluding hydrogens is 241 g/mol. The molecule has 2 nitrogen and oxygen atoms in total. The first-order valence-corrected chi connectivity index (χ1v) is 5.47. The summed E-state index contributed by atoms with van der Waals surface area (Å²) in [4.78, 5) is 3.18. The summed E-state index contributed by atoms with van der Waals surface area (Å²) in [5.74, 6) is -3.91. The zero-order valence-corrected chi connectivity index (χ0v) is 9.67. The number of halogens is 3. The lowest BCUT2D eigenvalue weighted by Gasteiger charge is -2.07. The number of pyridine rings is 1. The van der Waals surface area contributed by atoms with Crippen molar-refractivity contribution in [2.75, 3.05) is 5.32 Å². The average Bonchev–Trinajstić information content (AvgIpc) is 2.37. The first kappa shape index (κ1) is 12.4. The van der Waals surface area contributed by atoms with Crippen LogP contribution in [0.2, 0.25) is 0 Å². The molecule has 0 atom stereocenters. The summed E-state index contributed by atoms with van der Waals surface area (Å²) in [5.41, 5.74) is 1.68. The van der Waals surface area contributed by atoms with E-state index in [1.165, 1.54) is 0 Å². The van der Waals surface area contributed by atoms with Crippen LogP contribution in [0.4, 0.5) is 24.7 Å². The van der Waals surface area contributed by atoms with E-state index in [1.54, 1.807) is 12.1 Å². The van der Waals surface area contributed by atoms with E-state index in [1.807, 2.05) is 19.1 Å². The molecule has 0 saturated carbocycles. The Hall–Kier alpha value is -2.04. The number of hydrogen-bond acceptors (Lipinski definition) is 2. The van der Waals surface area contributed by atoms with Gasteiger partial charge in [-0.25, -0.2) is 8.78 Å². The van der Waals surface area contributed by atoms with Gasteiger partial charge in [-0.05, 0) is 24.1 Å². The predicted molar refractivity (Wildman–Crippen MR) is 63.2 cm³/mol. The lowest BCUT2D eigenvalue weighted by Crippen LogP contribution is -2.01. The Bertz CT molecular complexity index is 553. The van der Waals surface area contributed by atoms with Gasteiger partial charge in [-0.2, -0.15) is 9.37 Å². The molecule has 1 N–H and O–H groups in total. The Morgan fingerprint density at radius 1 is 1.06 bits per heavy atom. The molecule has 0 bridgehead atoms. The lowest BCUT2D eigenvalue weighted by atomic mass is 10.1. The molecule has 0 fully saturated rings. The number of aromatic nitrogens is 1. The van der Waals surface area contributed by atoms with Crippen LogP contribution in [-0.2, 0) is 6.42 Å². The highest BCUT2D eigenvalue weighted by Crippen LogP contribution is 2.20. The van der Waals surface area contributed by atoms with Crippen LogP contribution in [0, 0.1) is 17.6 Å². The summed E-state index contributed by atoms with van der Waals surface area (Å²) in [6.07, 6.45) is 0.887. The fourth-order valence-corrected chi connectivity index (χ4v) is 1.49. The highest BCUT2D eigenvalue weighted by Gasteiger charge is 2.11. The van der Waals surface area contributed by atoms with Gasteiger partial charge in [0, 0.05) is 11.8 Å². The van der Waals surface area contributed by atoms with Crippen molar-refractivity contribution in [2.24, 2.45) is 0 Å². The Balaban J connectivity index is 2.25. The smallest absolute Gasteiger partial charge is 0.251 e. The standard InChI is InChI=1S/C13H11F3N2/c1-2-8-3-5-9(6-4-8)17-13-11(15)7-10(14)12(16)18-13/h3-7H,2H2,1H3,(H,17,18). The molecule has 18 heavy (non-hydrogen) atoms. The van der Waals surface area contributed by atoms with Crippen LogP contribution in [0.1, 0.15) is 12.5 Å². The average molecular weight is 252 g/mol. The van der Waals surface area contributed by atoms with Crippen LogP contribution in [0.3, 0.4) is 0 Å². The number of benzene rings is 1. The molecule has 0 radical (unpaired) electrons. The largest absolute Gasteiger partial charge is 0.338 e. The maximum absolute atomic E-state index is 13.3. The van der Waals surface area contributed by atoms with Gasteiger partial charge < -0.3 is 5.32 Å². The van der Waals surface area contributed by atoms with Gasteiger partial charge in [0.15, 0.2) is 17.5 Å². The number of aryl methyl sites for hydroxylation is 1. The van der Waals surface area contributed by atoms with Crippen LogP contribution < -0.4 is 5.32 Å². The third-order valence-electron chi connectivity index (χ3n) is 2.51. The number of nitrogens with zero attached hydrogens (tertiary/aromatic N) is 1. The number of anilines is 2. The number of rotatable bonds is 3. The quantitative estimate of drug-likeness (QED) is 0.840. The number of nitrogens with one attached hydrogen (secondary N) is 1. The van der Waals surface area contributed by atoms with Gasteiger partial charge in [-0.3, -0.25) is 0 Å². The number of hydrogen-bond donors (Lipinski definition) is 1. The van der Waals surface area contributed by atoms with Gasteiger partial charge in [0.25, 0.3) is 5.95 Å². The Kier molecular flexibility index (Phi) is 3.50. The maximum atomic E-state index is 13.3. The summed E-state index contributed by atoms with van der Waals surface area (Å²) >= 11 is 0. The molecule has 0 aliphatic rings. The second-order valence-electron chi connectivity index (χ2n) is 3.77. The third-order valence-corrected chi connectivity index (χ3v) is 2.51. The van der Waals surface area contributed by atoms with Crippen molar-refractivity contribution in [3.63, 3.8) is 0 Å². The van der Waals surface area contributed by atoms with Crippen molar-refractivity contribution in [1.82, 2.24) is 4.98 Å². The summed E-state index contributed by atoms with van der Waals surface area (Å²) in [6.45, 7) is 2.01. The minimum atomic E-state index is -1.33. The van der Waals surface area contributed by atoms with Gasteiger partial charge in [0.1, 0.15) is 0 Å². The zero-order chi connectivity index (χ0) is 13.1. The maximum Gasteiger partial charge on any atom is 0.251 e. The normalized spacial score (nSPS) is 10.4. The molecule has 94 valence electrons. The van der Waals surface area contributed by atoms with E-state index in [-0.39, 0.29) is 5.82 Å². The van der Waals surface area contributed by atoms with Gasteiger partial charge in [-0.1, -0.05) is 19.1 Å². The van der Waals surface area contributed by atoms with Crippen molar-refractivity contribution in [1.29, 1.82) is 0 Å². The topological polar surface area (TPSA) is 24.9 Å². The van der Waals surface area contributed by atoms with Gasteiger partial charge >= 0.3 is 0 Å². The van der Waals surface area contributed by atoms with E-state index in [9.17, 15) is 13.2 Å². The minimum absolute atomic E-state index is 0.335. The van der Waals surface area contributed by atoms with E-state index in [0.29, 0.717) is 11.8 Å². The first-order chi connectivity index (χ1) is 8.60. The van der Waals surface area contributed by atoms with Crippen LogP contribution in [0.15, 0.2) is 30.3 Å². The van der Waals surface area contributed by atoms with Crippen molar-refractivity contribution >= 4 is 11.5 Å². The monoisotopic (exact) mass is 252 g/mol. The molecular formula is C13H11F3N2. The van der Waals surface area contributed by atoms with E-state index in [4.69, 9.17) is 0 Å². The molecule has 1 aromatic heterocycles. The SMILES string of the molecule is CCc1ccc(Nc2nc(F)c(F)cc2F)cc1. The van der Waals surface area contributed by atoms with Crippen molar-refractivity contribution in [2.45, 2.75) is 13.3 Å². The molecule has 0 aliphatic heterocycles. The summed E-state index contributed by atoms with van der Waals surface area (Å²) in [6, 6.07) is 7.63. The van der Waals surface area contributed by atoms with Gasteiger partial charge in [0.2, 0.25) is 0 Å². The molecule has 0 amide bonds. The van der Waals surface area contributed by atoms with E-state index < -0.39 is 17.6 Å². The van der Waals surface area contributed by atoms with Crippen molar-refractivity contribution in [3.05, 3.63) is 53.5 Å². The molecule has 0 aliphatic carbocycles. The van der Waals surface area contributed by atoms with Gasteiger partial charge in [0.05, 0.1) is 0 Å². The van der Waals surface area contributed by atoms with E-state index in [0.717, 1.165) is 12.0 Å². The molecule has 2 rings (SSSR count). The Morgan fingerprint density at radius 3 is 2.33 bits per heavy atom. The molecule has 1 heterocycles. The lowest BCUT2D eigenvalue weighted by molar-refractivity contribution is 0.467. The van der Waals surface area contributed by atoms with E-state index in [2.05, 4.69) is 10.3 Å². The Morgan fingerprint density at radius 2 is 1.72 bits per heavy atom. The zero-order valence-electron chi connectivity index (χ0n) is 9.67. The van der Waals surface area contributed by atoms with Crippen LogP contribution in [-0.4, -0.2) is 4.98 Å². The van der Waals surface area contributed by atoms with Crippen molar-refractivity contribution in [3.8, 4) is 0 Å². The summed E-state index contributed by atoms with van der Waals surface area (Å²) in [5, 5.41) is 2.60. The highest BCUT2D eigenvalue weighted by molar-refractivity contribution is 5.56. The summed E-state index contributed by atoms with van der Waals surface area (Å²) < 4.78 is 38.9. The van der Waals surface area contributed by atoms with Crippen molar-refractivity contribution < 1.29 is 13.2 Å². The van der Waals surface area contributed by atoms with Crippen LogP contribution in [0.5, 0.6) is 0 Å².